The molecule has 0 radical (unpaired) electrons. The van der Waals surface area contributed by atoms with Gasteiger partial charge in [-0.05, 0) is 36.2 Å². The number of ether oxygens (including phenoxy) is 1. The highest BCUT2D eigenvalue weighted by Gasteiger charge is 2.28. The van der Waals surface area contributed by atoms with Gasteiger partial charge in [0.05, 0.1) is 35.4 Å². The average Bonchev–Trinajstić information content (AvgIpc) is 3.00. The zero-order valence-corrected chi connectivity index (χ0v) is 17.2. The summed E-state index contributed by atoms with van der Waals surface area (Å²) in [6, 6.07) is 6.49. The van der Waals surface area contributed by atoms with Crippen molar-refractivity contribution in [3.8, 4) is 0 Å². The van der Waals surface area contributed by atoms with E-state index in [9.17, 15) is 14.0 Å². The number of aryl methyl sites for hydroxylation is 1. The predicted molar refractivity (Wildman–Crippen MR) is 111 cm³/mol. The van der Waals surface area contributed by atoms with Gasteiger partial charge in [0, 0.05) is 31.7 Å². The van der Waals surface area contributed by atoms with Crippen molar-refractivity contribution >= 4 is 23.2 Å². The molecule has 2 atom stereocenters. The van der Waals surface area contributed by atoms with Crippen molar-refractivity contribution in [2.24, 2.45) is 11.0 Å². The quantitative estimate of drug-likeness (QED) is 0.775. The van der Waals surface area contributed by atoms with Crippen LogP contribution < -0.4 is 16.3 Å². The highest BCUT2D eigenvalue weighted by molar-refractivity contribution is 6.30. The van der Waals surface area contributed by atoms with Crippen LogP contribution in [0.3, 0.4) is 0 Å². The first kappa shape index (κ1) is 20.7. The third kappa shape index (κ3) is 4.16. The molecule has 2 aliphatic rings. The van der Waals surface area contributed by atoms with Gasteiger partial charge in [-0.15, -0.1) is 0 Å². The van der Waals surface area contributed by atoms with Gasteiger partial charge < -0.3 is 14.6 Å². The fourth-order valence-electron chi connectivity index (χ4n) is 3.92. The monoisotopic (exact) mass is 432 g/mol. The van der Waals surface area contributed by atoms with Crippen molar-refractivity contribution in [2.45, 2.75) is 26.0 Å². The summed E-state index contributed by atoms with van der Waals surface area (Å²) in [5.74, 6) is -0.850. The van der Waals surface area contributed by atoms with E-state index in [1.165, 1.54) is 12.1 Å². The van der Waals surface area contributed by atoms with E-state index < -0.39 is 11.9 Å². The highest BCUT2D eigenvalue weighted by atomic mass is 35.5. The number of pyridine rings is 1. The Labute approximate surface area is 177 Å². The predicted octanol–water partition coefficient (Wildman–Crippen LogP) is 2.15. The van der Waals surface area contributed by atoms with Crippen molar-refractivity contribution in [1.82, 2.24) is 15.3 Å². The average molecular weight is 433 g/mol. The molecule has 2 N–H and O–H groups in total. The number of carbonyl (C=O) groups is 1. The zero-order valence-electron chi connectivity index (χ0n) is 16.5. The minimum Gasteiger partial charge on any atom is -0.372 e. The lowest BCUT2D eigenvalue weighted by molar-refractivity contribution is -0.119. The molecule has 0 saturated carbocycles. The number of aromatic nitrogens is 1. The lowest BCUT2D eigenvalue weighted by Crippen LogP contribution is -2.34. The summed E-state index contributed by atoms with van der Waals surface area (Å²) in [5.41, 5.74) is 4.51. The van der Waals surface area contributed by atoms with Crippen LogP contribution in [0.25, 0.3) is 0 Å². The molecule has 3 heterocycles. The molecule has 1 aromatic heterocycles. The maximum atomic E-state index is 14.1. The first-order valence-electron chi connectivity index (χ1n) is 9.77. The SMILES string of the molecule is Cc1ccn(C[C@@H]2CNCCO[C@H]2c2ccc(Cl)c(F)c2)c(=O)c1C1=NNC(=O)C1. The number of hydrogen-bond donors (Lipinski definition) is 2. The van der Waals surface area contributed by atoms with Gasteiger partial charge in [0.25, 0.3) is 5.56 Å². The Bertz CT molecular complexity index is 1070. The van der Waals surface area contributed by atoms with Gasteiger partial charge in [-0.2, -0.15) is 5.10 Å². The second-order valence-electron chi connectivity index (χ2n) is 7.53. The third-order valence-electron chi connectivity index (χ3n) is 5.42. The Balaban J connectivity index is 1.66. The Morgan fingerprint density at radius 2 is 2.17 bits per heavy atom. The number of hydrazone groups is 1. The van der Waals surface area contributed by atoms with Gasteiger partial charge in [0.15, 0.2) is 0 Å². The van der Waals surface area contributed by atoms with Crippen molar-refractivity contribution in [2.75, 3.05) is 19.7 Å². The number of benzene rings is 1. The molecule has 0 spiro atoms. The normalized spacial score (nSPS) is 21.8. The van der Waals surface area contributed by atoms with E-state index in [1.54, 1.807) is 16.8 Å². The van der Waals surface area contributed by atoms with Crippen molar-refractivity contribution in [3.05, 3.63) is 68.3 Å². The lowest BCUT2D eigenvalue weighted by Gasteiger charge is -2.26. The summed E-state index contributed by atoms with van der Waals surface area (Å²) in [5, 5.41) is 7.37. The maximum Gasteiger partial charge on any atom is 0.260 e. The number of nitrogens with zero attached hydrogens (tertiary/aromatic N) is 2. The second kappa shape index (κ2) is 8.67. The molecular weight excluding hydrogens is 411 g/mol. The first-order chi connectivity index (χ1) is 14.4. The molecule has 0 unspecified atom stereocenters. The van der Waals surface area contributed by atoms with E-state index in [2.05, 4.69) is 15.8 Å². The molecule has 1 fully saturated rings. The Morgan fingerprint density at radius 1 is 1.33 bits per heavy atom. The van der Waals surface area contributed by atoms with Crippen molar-refractivity contribution < 1.29 is 13.9 Å². The molecular formula is C21H22ClFN4O3. The smallest absolute Gasteiger partial charge is 0.260 e. The number of nitrogens with one attached hydrogen (secondary N) is 2. The molecule has 0 aliphatic carbocycles. The van der Waals surface area contributed by atoms with Gasteiger partial charge in [-0.1, -0.05) is 17.7 Å². The number of carbonyl (C=O) groups excluding carboxylic acids is 1. The summed E-state index contributed by atoms with van der Waals surface area (Å²) < 4.78 is 21.7. The number of hydrogen-bond acceptors (Lipinski definition) is 5. The number of amides is 1. The molecule has 30 heavy (non-hydrogen) atoms. The Hall–Kier alpha value is -2.55. The number of halogens is 2. The fourth-order valence-corrected chi connectivity index (χ4v) is 4.04. The van der Waals surface area contributed by atoms with E-state index in [0.29, 0.717) is 43.1 Å². The van der Waals surface area contributed by atoms with E-state index in [4.69, 9.17) is 16.3 Å². The minimum absolute atomic E-state index is 0.0573. The minimum atomic E-state index is -0.500. The molecule has 0 bridgehead atoms. The molecule has 158 valence electrons. The summed E-state index contributed by atoms with van der Waals surface area (Å²) >= 11 is 5.83. The van der Waals surface area contributed by atoms with E-state index in [-0.39, 0.29) is 28.8 Å². The number of rotatable bonds is 4. The van der Waals surface area contributed by atoms with Crippen LogP contribution in [0.5, 0.6) is 0 Å². The highest BCUT2D eigenvalue weighted by Crippen LogP contribution is 2.30. The second-order valence-corrected chi connectivity index (χ2v) is 7.94. The van der Waals surface area contributed by atoms with Crippen LogP contribution in [0.4, 0.5) is 4.39 Å². The Morgan fingerprint density at radius 3 is 2.90 bits per heavy atom. The summed E-state index contributed by atoms with van der Waals surface area (Å²) in [6.07, 6.45) is 1.42. The first-order valence-corrected chi connectivity index (χ1v) is 10.1. The molecule has 1 saturated heterocycles. The fraction of sp³-hybridized carbons (Fsp3) is 0.381. The van der Waals surface area contributed by atoms with Crippen LogP contribution in [-0.2, 0) is 16.1 Å². The lowest BCUT2D eigenvalue weighted by atomic mass is 9.94. The van der Waals surface area contributed by atoms with E-state index >= 15 is 0 Å². The molecule has 1 amide bonds. The molecule has 1 aromatic carbocycles. The van der Waals surface area contributed by atoms with Crippen LogP contribution in [0, 0.1) is 18.7 Å². The maximum absolute atomic E-state index is 14.1. The van der Waals surface area contributed by atoms with Gasteiger partial charge in [0.1, 0.15) is 5.82 Å². The molecule has 2 aromatic rings. The summed E-state index contributed by atoms with van der Waals surface area (Å²) in [7, 11) is 0. The summed E-state index contributed by atoms with van der Waals surface area (Å²) in [4.78, 5) is 24.7. The van der Waals surface area contributed by atoms with Gasteiger partial charge in [-0.25, -0.2) is 9.82 Å². The molecule has 9 heteroatoms. The van der Waals surface area contributed by atoms with Crippen molar-refractivity contribution in [1.29, 1.82) is 0 Å². The topological polar surface area (TPSA) is 84.7 Å². The van der Waals surface area contributed by atoms with Crippen molar-refractivity contribution in [3.63, 3.8) is 0 Å². The van der Waals surface area contributed by atoms with Crippen LogP contribution in [0.15, 0.2) is 40.4 Å². The van der Waals surface area contributed by atoms with Gasteiger partial charge in [0.2, 0.25) is 5.91 Å². The Kier molecular flexibility index (Phi) is 5.99. The van der Waals surface area contributed by atoms with Crippen LogP contribution in [-0.4, -0.2) is 35.9 Å². The van der Waals surface area contributed by atoms with E-state index in [0.717, 1.165) is 5.56 Å². The largest absolute Gasteiger partial charge is 0.372 e. The van der Waals surface area contributed by atoms with E-state index in [1.807, 2.05) is 13.0 Å². The van der Waals surface area contributed by atoms with Crippen LogP contribution >= 0.6 is 11.6 Å². The molecule has 7 nitrogen and oxygen atoms in total. The standard InChI is InChI=1S/C21H22ClFN4O3/c1-12-4-6-27(21(29)19(12)17-9-18(28)26-25-17)11-14-10-24-5-7-30-20(14)13-2-3-15(22)16(23)8-13/h2-4,6,8,14,20,24H,5,7,9-11H2,1H3,(H,26,28)/t14-,20-/m0/s1. The van der Waals surface area contributed by atoms with Gasteiger partial charge >= 0.3 is 0 Å². The van der Waals surface area contributed by atoms with Crippen LogP contribution in [0.2, 0.25) is 5.02 Å². The van der Waals surface area contributed by atoms with Crippen LogP contribution in [0.1, 0.15) is 29.2 Å². The van der Waals surface area contributed by atoms with Gasteiger partial charge in [-0.3, -0.25) is 9.59 Å². The molecule has 2 aliphatic heterocycles. The summed E-state index contributed by atoms with van der Waals surface area (Å²) in [6.45, 7) is 3.93. The zero-order chi connectivity index (χ0) is 21.3. The third-order valence-corrected chi connectivity index (χ3v) is 5.73. The molecule has 4 rings (SSSR count).